The number of halogens is 1. The van der Waals surface area contributed by atoms with E-state index in [2.05, 4.69) is 16.7 Å². The van der Waals surface area contributed by atoms with E-state index in [0.29, 0.717) is 18.0 Å². The van der Waals surface area contributed by atoms with Crippen LogP contribution < -0.4 is 10.1 Å². The van der Waals surface area contributed by atoms with Gasteiger partial charge in [-0.2, -0.15) is 0 Å². The molecule has 0 radical (unpaired) electrons. The average Bonchev–Trinajstić information content (AvgIpc) is 3.20. The molecule has 0 aliphatic carbocycles. The molecular weight excluding hydrogens is 505 g/mol. The van der Waals surface area contributed by atoms with Gasteiger partial charge in [-0.3, -0.25) is 4.79 Å². The van der Waals surface area contributed by atoms with E-state index in [1.807, 2.05) is 68.4 Å². The fraction of sp³-hybridized carbons (Fsp3) is 0.276. The zero-order valence-electron chi connectivity index (χ0n) is 21.0. The lowest BCUT2D eigenvalue weighted by atomic mass is 9.76. The number of benzene rings is 3. The Kier molecular flexibility index (Phi) is 6.26. The lowest BCUT2D eigenvalue weighted by Crippen LogP contribution is -2.44. The lowest BCUT2D eigenvalue weighted by molar-refractivity contribution is -0.150. The zero-order valence-corrected chi connectivity index (χ0v) is 22.6. The summed E-state index contributed by atoms with van der Waals surface area (Å²) in [7, 11) is 1.01. The molecule has 1 aromatic heterocycles. The van der Waals surface area contributed by atoms with Crippen molar-refractivity contribution in [3.63, 3.8) is 0 Å². The minimum absolute atomic E-state index is 0.0806. The molecule has 3 heterocycles. The van der Waals surface area contributed by atoms with Gasteiger partial charge in [-0.1, -0.05) is 54.1 Å². The highest BCUT2D eigenvalue weighted by atomic mass is 35.5. The highest BCUT2D eigenvalue weighted by molar-refractivity contribution is 7.99. The number of thioether (sulfide) groups is 1. The van der Waals surface area contributed by atoms with Gasteiger partial charge < -0.3 is 18.6 Å². The molecule has 8 heteroatoms. The standard InChI is InChI=1S/C29H27BClNO4S/c1-29(2,28(33)34-3)15-22-27-25-21(32(22)16-18-9-11-20(31)12-10-18)13-14-23-26(25)24(17-37-27)36-30(35-23)19-7-5-4-6-8-19/h4-14,24H,15-17H2,1-3H3. The Morgan fingerprint density at radius 1 is 1.14 bits per heavy atom. The zero-order chi connectivity index (χ0) is 25.7. The van der Waals surface area contributed by atoms with Gasteiger partial charge in [0.1, 0.15) is 5.75 Å². The fourth-order valence-corrected chi connectivity index (χ4v) is 6.73. The van der Waals surface area contributed by atoms with E-state index >= 15 is 0 Å². The number of carbonyl (C=O) groups excluding carboxylic acids is 1. The Hall–Kier alpha value is -2.87. The molecule has 37 heavy (non-hydrogen) atoms. The Balaban J connectivity index is 1.50. The average molecular weight is 532 g/mol. The molecule has 0 amide bonds. The maximum Gasteiger partial charge on any atom is 0.563 e. The van der Waals surface area contributed by atoms with Crippen molar-refractivity contribution in [1.82, 2.24) is 4.57 Å². The topological polar surface area (TPSA) is 49.7 Å². The summed E-state index contributed by atoms with van der Waals surface area (Å²) in [5, 5.41) is 1.87. The molecule has 0 saturated heterocycles. The maximum absolute atomic E-state index is 12.7. The molecular formula is C29H27BClNO4S. The van der Waals surface area contributed by atoms with E-state index in [1.165, 1.54) is 12.0 Å². The summed E-state index contributed by atoms with van der Waals surface area (Å²) >= 11 is 7.96. The molecule has 3 aromatic carbocycles. The molecule has 1 unspecified atom stereocenters. The normalized spacial score (nSPS) is 16.5. The summed E-state index contributed by atoms with van der Waals surface area (Å²) < 4.78 is 20.4. The third kappa shape index (κ3) is 4.33. The number of aromatic nitrogens is 1. The van der Waals surface area contributed by atoms with E-state index in [9.17, 15) is 4.79 Å². The van der Waals surface area contributed by atoms with Crippen LogP contribution in [0.3, 0.4) is 0 Å². The van der Waals surface area contributed by atoms with Crippen LogP contribution >= 0.6 is 23.4 Å². The molecule has 0 fully saturated rings. The van der Waals surface area contributed by atoms with Gasteiger partial charge >= 0.3 is 13.1 Å². The van der Waals surface area contributed by atoms with Crippen LogP contribution in [0.1, 0.15) is 36.8 Å². The van der Waals surface area contributed by atoms with Crippen molar-refractivity contribution in [2.45, 2.75) is 37.8 Å². The molecule has 5 nitrogen and oxygen atoms in total. The highest BCUT2D eigenvalue weighted by Gasteiger charge is 2.41. The minimum atomic E-state index is -0.680. The van der Waals surface area contributed by atoms with Crippen LogP contribution in [0.15, 0.2) is 71.6 Å². The molecule has 0 saturated carbocycles. The predicted molar refractivity (Wildman–Crippen MR) is 149 cm³/mol. The molecule has 4 aromatic rings. The summed E-state index contributed by atoms with van der Waals surface area (Å²) in [4.78, 5) is 13.9. The van der Waals surface area contributed by atoms with Crippen LogP contribution in [0, 0.1) is 5.41 Å². The van der Waals surface area contributed by atoms with Crippen molar-refractivity contribution in [3.8, 4) is 5.75 Å². The van der Waals surface area contributed by atoms with Gasteiger partial charge in [0.2, 0.25) is 0 Å². The maximum atomic E-state index is 12.7. The number of hydrogen-bond acceptors (Lipinski definition) is 5. The van der Waals surface area contributed by atoms with Gasteiger partial charge in [-0.05, 0) is 49.1 Å². The predicted octanol–water partition coefficient (Wildman–Crippen LogP) is 6.04. The van der Waals surface area contributed by atoms with Crippen LogP contribution in [0.4, 0.5) is 0 Å². The van der Waals surface area contributed by atoms with Crippen LogP contribution in [0.2, 0.25) is 5.02 Å². The van der Waals surface area contributed by atoms with Gasteiger partial charge in [0.15, 0.2) is 0 Å². The first-order valence-electron chi connectivity index (χ1n) is 12.4. The molecule has 2 aliphatic rings. The van der Waals surface area contributed by atoms with Crippen LogP contribution in [-0.4, -0.2) is 30.5 Å². The third-order valence-electron chi connectivity index (χ3n) is 7.19. The van der Waals surface area contributed by atoms with Gasteiger partial charge in [0.25, 0.3) is 0 Å². The number of nitrogens with zero attached hydrogens (tertiary/aromatic N) is 1. The Bertz CT molecular complexity index is 1490. The van der Waals surface area contributed by atoms with E-state index in [1.54, 1.807) is 11.8 Å². The van der Waals surface area contributed by atoms with Crippen LogP contribution in [0.5, 0.6) is 5.75 Å². The van der Waals surface area contributed by atoms with Crippen molar-refractivity contribution >= 4 is 52.8 Å². The molecule has 0 bridgehead atoms. The molecule has 6 rings (SSSR count). The second-order valence-corrected chi connectivity index (χ2v) is 11.7. The summed E-state index contributed by atoms with van der Waals surface area (Å²) in [5.74, 6) is 1.42. The van der Waals surface area contributed by atoms with Crippen molar-refractivity contribution < 1.29 is 18.8 Å². The van der Waals surface area contributed by atoms with Crippen molar-refractivity contribution in [1.29, 1.82) is 0 Å². The Morgan fingerprint density at radius 2 is 1.89 bits per heavy atom. The first kappa shape index (κ1) is 24.5. The first-order valence-corrected chi connectivity index (χ1v) is 13.7. The Morgan fingerprint density at radius 3 is 2.62 bits per heavy atom. The van der Waals surface area contributed by atoms with Gasteiger partial charge in [0.05, 0.1) is 24.1 Å². The van der Waals surface area contributed by atoms with Crippen molar-refractivity contribution in [2.75, 3.05) is 12.9 Å². The lowest BCUT2D eigenvalue weighted by Gasteiger charge is -2.34. The quantitative estimate of drug-likeness (QED) is 0.224. The largest absolute Gasteiger partial charge is 0.563 e. The van der Waals surface area contributed by atoms with Gasteiger partial charge in [-0.15, -0.1) is 11.8 Å². The van der Waals surface area contributed by atoms with Crippen LogP contribution in [0.25, 0.3) is 10.9 Å². The fourth-order valence-electron chi connectivity index (χ4n) is 5.34. The van der Waals surface area contributed by atoms with Gasteiger partial charge in [0, 0.05) is 45.3 Å². The first-order chi connectivity index (χ1) is 17.9. The van der Waals surface area contributed by atoms with E-state index in [4.69, 9.17) is 25.6 Å². The van der Waals surface area contributed by atoms with Crippen LogP contribution in [-0.2, 0) is 27.2 Å². The summed E-state index contributed by atoms with van der Waals surface area (Å²) in [5.41, 5.74) is 4.81. The summed E-state index contributed by atoms with van der Waals surface area (Å²) in [6.45, 7) is 4.55. The monoisotopic (exact) mass is 531 g/mol. The van der Waals surface area contributed by atoms with Gasteiger partial charge in [-0.25, -0.2) is 0 Å². The summed E-state index contributed by atoms with van der Waals surface area (Å²) in [6, 6.07) is 22.2. The SMILES string of the molecule is COC(=O)C(C)(C)Cc1c2c3c4c(ccc3n1Cc1ccc(Cl)cc1)OB(c1ccccc1)OC4CS2. The van der Waals surface area contributed by atoms with E-state index in [0.717, 1.165) is 44.7 Å². The smallest absolute Gasteiger partial charge is 0.532 e. The number of hydrogen-bond donors (Lipinski definition) is 0. The molecule has 188 valence electrons. The van der Waals surface area contributed by atoms with E-state index in [-0.39, 0.29) is 12.1 Å². The van der Waals surface area contributed by atoms with Crippen molar-refractivity contribution in [3.05, 3.63) is 88.6 Å². The number of carbonyl (C=O) groups is 1. The minimum Gasteiger partial charge on any atom is -0.532 e. The second-order valence-electron chi connectivity index (χ2n) is 10.2. The number of esters is 1. The third-order valence-corrected chi connectivity index (χ3v) is 8.64. The highest BCUT2D eigenvalue weighted by Crippen LogP contribution is 2.51. The molecule has 1 atom stereocenters. The molecule has 0 N–H and O–H groups in total. The number of ether oxygens (including phenoxy) is 1. The number of methoxy groups -OCH3 is 1. The second kappa shape index (κ2) is 9.46. The van der Waals surface area contributed by atoms with Crippen molar-refractivity contribution in [2.24, 2.45) is 5.41 Å². The molecule has 2 aliphatic heterocycles. The Labute approximate surface area is 226 Å². The molecule has 0 spiro atoms. The number of rotatable bonds is 6. The van der Waals surface area contributed by atoms with E-state index < -0.39 is 12.5 Å². The summed E-state index contributed by atoms with van der Waals surface area (Å²) in [6.07, 6.45) is 0.473.